The van der Waals surface area contributed by atoms with Crippen LogP contribution in [0.4, 0.5) is 5.69 Å². The van der Waals surface area contributed by atoms with Crippen LogP contribution < -0.4 is 10.8 Å². The summed E-state index contributed by atoms with van der Waals surface area (Å²) >= 11 is 0. The van der Waals surface area contributed by atoms with Gasteiger partial charge >= 0.3 is 0 Å². The van der Waals surface area contributed by atoms with Crippen molar-refractivity contribution < 1.29 is 14.8 Å². The molecule has 0 fully saturated rings. The van der Waals surface area contributed by atoms with E-state index in [4.69, 9.17) is 5.21 Å². The second-order valence-electron chi connectivity index (χ2n) is 6.30. The standard InChI is InChI=1S/C18H20N2O3/c1-18(2,3)14-5-4-6-15(11-14)19-16(21)12-7-9-13(10-8-12)17(22)20-23/h4-11,23H,1-3H3,(H,19,21)(H,20,22). The van der Waals surface area contributed by atoms with Gasteiger partial charge in [0.15, 0.2) is 0 Å². The molecule has 0 heterocycles. The molecule has 0 aliphatic rings. The summed E-state index contributed by atoms with van der Waals surface area (Å²) in [7, 11) is 0. The van der Waals surface area contributed by atoms with Crippen molar-refractivity contribution in [1.29, 1.82) is 0 Å². The van der Waals surface area contributed by atoms with Crippen molar-refractivity contribution in [3.05, 3.63) is 65.2 Å². The van der Waals surface area contributed by atoms with Gasteiger partial charge in [-0.25, -0.2) is 5.48 Å². The molecule has 0 aromatic heterocycles. The lowest BCUT2D eigenvalue weighted by Crippen LogP contribution is -2.19. The second-order valence-corrected chi connectivity index (χ2v) is 6.30. The highest BCUT2D eigenvalue weighted by Gasteiger charge is 2.14. The zero-order valence-corrected chi connectivity index (χ0v) is 13.4. The van der Waals surface area contributed by atoms with Crippen LogP contribution in [0, 0.1) is 0 Å². The van der Waals surface area contributed by atoms with Gasteiger partial charge in [0.2, 0.25) is 0 Å². The zero-order valence-electron chi connectivity index (χ0n) is 13.4. The van der Waals surface area contributed by atoms with Crippen LogP contribution in [0.25, 0.3) is 0 Å². The maximum atomic E-state index is 12.3. The fourth-order valence-corrected chi connectivity index (χ4v) is 2.10. The number of benzene rings is 2. The van der Waals surface area contributed by atoms with Gasteiger partial charge < -0.3 is 5.32 Å². The van der Waals surface area contributed by atoms with E-state index in [0.29, 0.717) is 5.56 Å². The van der Waals surface area contributed by atoms with E-state index in [-0.39, 0.29) is 16.9 Å². The van der Waals surface area contributed by atoms with Crippen LogP contribution in [0.2, 0.25) is 0 Å². The summed E-state index contributed by atoms with van der Waals surface area (Å²) in [5.74, 6) is -0.873. The summed E-state index contributed by atoms with van der Waals surface area (Å²) in [4.78, 5) is 23.5. The first kappa shape index (κ1) is 16.7. The van der Waals surface area contributed by atoms with Gasteiger partial charge in [0.25, 0.3) is 11.8 Å². The largest absolute Gasteiger partial charge is 0.322 e. The molecule has 23 heavy (non-hydrogen) atoms. The highest BCUT2D eigenvalue weighted by Crippen LogP contribution is 2.24. The predicted molar refractivity (Wildman–Crippen MR) is 88.8 cm³/mol. The lowest BCUT2D eigenvalue weighted by molar-refractivity contribution is 0.0706. The minimum Gasteiger partial charge on any atom is -0.322 e. The minimum absolute atomic E-state index is 0.0000418. The molecule has 5 heteroatoms. The molecule has 2 rings (SSSR count). The summed E-state index contributed by atoms with van der Waals surface area (Å²) in [5.41, 5.74) is 4.11. The topological polar surface area (TPSA) is 78.4 Å². The van der Waals surface area contributed by atoms with E-state index in [1.54, 1.807) is 5.48 Å². The Kier molecular flexibility index (Phi) is 4.81. The Morgan fingerprint density at radius 1 is 0.913 bits per heavy atom. The quantitative estimate of drug-likeness (QED) is 0.600. The van der Waals surface area contributed by atoms with Gasteiger partial charge in [-0.3, -0.25) is 14.8 Å². The molecule has 0 radical (unpaired) electrons. The number of hydrogen-bond acceptors (Lipinski definition) is 3. The Balaban J connectivity index is 2.15. The zero-order chi connectivity index (χ0) is 17.0. The van der Waals surface area contributed by atoms with Gasteiger partial charge in [0.1, 0.15) is 0 Å². The third-order valence-electron chi connectivity index (χ3n) is 3.50. The summed E-state index contributed by atoms with van der Waals surface area (Å²) < 4.78 is 0. The molecule has 120 valence electrons. The van der Waals surface area contributed by atoms with Crippen LogP contribution in [0.3, 0.4) is 0 Å². The smallest absolute Gasteiger partial charge is 0.274 e. The molecule has 2 amide bonds. The predicted octanol–water partition coefficient (Wildman–Crippen LogP) is 3.36. The van der Waals surface area contributed by atoms with E-state index in [0.717, 1.165) is 11.3 Å². The number of anilines is 1. The number of carbonyl (C=O) groups excluding carboxylic acids is 2. The molecule has 2 aromatic rings. The van der Waals surface area contributed by atoms with Gasteiger partial charge in [-0.1, -0.05) is 32.9 Å². The van der Waals surface area contributed by atoms with E-state index in [9.17, 15) is 9.59 Å². The molecular formula is C18H20N2O3. The number of hydrogen-bond donors (Lipinski definition) is 3. The molecule has 5 nitrogen and oxygen atoms in total. The number of carbonyl (C=O) groups is 2. The lowest BCUT2D eigenvalue weighted by atomic mass is 9.87. The van der Waals surface area contributed by atoms with E-state index < -0.39 is 5.91 Å². The van der Waals surface area contributed by atoms with Crippen molar-refractivity contribution in [2.24, 2.45) is 0 Å². The van der Waals surface area contributed by atoms with Crippen LogP contribution in [0.15, 0.2) is 48.5 Å². The van der Waals surface area contributed by atoms with Crippen molar-refractivity contribution in [2.75, 3.05) is 5.32 Å². The van der Waals surface area contributed by atoms with Gasteiger partial charge in [-0.15, -0.1) is 0 Å². The first-order chi connectivity index (χ1) is 10.8. The van der Waals surface area contributed by atoms with Crippen molar-refractivity contribution >= 4 is 17.5 Å². The van der Waals surface area contributed by atoms with Gasteiger partial charge in [-0.2, -0.15) is 0 Å². The average Bonchev–Trinajstić information content (AvgIpc) is 2.53. The maximum Gasteiger partial charge on any atom is 0.274 e. The van der Waals surface area contributed by atoms with Gasteiger partial charge in [-0.05, 0) is 47.4 Å². The summed E-state index contributed by atoms with van der Waals surface area (Å²) in [6.45, 7) is 6.33. The molecule has 3 N–H and O–H groups in total. The summed E-state index contributed by atoms with van der Waals surface area (Å²) in [6.07, 6.45) is 0. The molecule has 0 atom stereocenters. The summed E-state index contributed by atoms with van der Waals surface area (Å²) in [5, 5.41) is 11.4. The number of nitrogens with one attached hydrogen (secondary N) is 2. The Labute approximate surface area is 135 Å². The van der Waals surface area contributed by atoms with Crippen LogP contribution in [0.5, 0.6) is 0 Å². The van der Waals surface area contributed by atoms with E-state index in [1.807, 2.05) is 24.3 Å². The molecule has 0 aliphatic carbocycles. The summed E-state index contributed by atoms with van der Waals surface area (Å²) in [6, 6.07) is 13.7. The Morgan fingerprint density at radius 3 is 2.00 bits per heavy atom. The van der Waals surface area contributed by atoms with Crippen molar-refractivity contribution in [3.8, 4) is 0 Å². The maximum absolute atomic E-state index is 12.3. The Bertz CT molecular complexity index is 716. The highest BCUT2D eigenvalue weighted by molar-refractivity contribution is 6.05. The molecule has 0 bridgehead atoms. The van der Waals surface area contributed by atoms with Crippen molar-refractivity contribution in [1.82, 2.24) is 5.48 Å². The fourth-order valence-electron chi connectivity index (χ4n) is 2.10. The molecule has 2 aromatic carbocycles. The number of rotatable bonds is 3. The van der Waals surface area contributed by atoms with Crippen LogP contribution in [-0.4, -0.2) is 17.0 Å². The van der Waals surface area contributed by atoms with Crippen molar-refractivity contribution in [2.45, 2.75) is 26.2 Å². The molecule has 0 saturated carbocycles. The highest BCUT2D eigenvalue weighted by atomic mass is 16.5. The minimum atomic E-state index is -0.616. The molecule has 0 aliphatic heterocycles. The molecule has 0 saturated heterocycles. The Hall–Kier alpha value is -2.66. The van der Waals surface area contributed by atoms with Crippen LogP contribution in [-0.2, 0) is 5.41 Å². The monoisotopic (exact) mass is 312 g/mol. The average molecular weight is 312 g/mol. The van der Waals surface area contributed by atoms with Crippen LogP contribution >= 0.6 is 0 Å². The first-order valence-electron chi connectivity index (χ1n) is 7.27. The molecule has 0 spiro atoms. The molecule has 0 unspecified atom stereocenters. The van der Waals surface area contributed by atoms with Gasteiger partial charge in [0, 0.05) is 16.8 Å². The Morgan fingerprint density at radius 2 is 1.48 bits per heavy atom. The normalized spacial score (nSPS) is 11.0. The number of amides is 2. The lowest BCUT2D eigenvalue weighted by Gasteiger charge is -2.19. The van der Waals surface area contributed by atoms with Crippen molar-refractivity contribution in [3.63, 3.8) is 0 Å². The van der Waals surface area contributed by atoms with E-state index in [2.05, 4.69) is 26.1 Å². The van der Waals surface area contributed by atoms with E-state index >= 15 is 0 Å². The fraction of sp³-hybridized carbons (Fsp3) is 0.222. The van der Waals surface area contributed by atoms with Crippen LogP contribution in [0.1, 0.15) is 47.1 Å². The molecular weight excluding hydrogens is 292 g/mol. The SMILES string of the molecule is CC(C)(C)c1cccc(NC(=O)c2ccc(C(=O)NO)cc2)c1. The number of hydroxylamine groups is 1. The third kappa shape index (κ3) is 4.17. The van der Waals surface area contributed by atoms with Gasteiger partial charge in [0.05, 0.1) is 0 Å². The van der Waals surface area contributed by atoms with E-state index in [1.165, 1.54) is 24.3 Å². The third-order valence-corrected chi connectivity index (χ3v) is 3.50. The second kappa shape index (κ2) is 6.62. The first-order valence-corrected chi connectivity index (χ1v) is 7.27.